The Morgan fingerprint density at radius 3 is 2.14 bits per heavy atom. The van der Waals surface area contributed by atoms with Crippen molar-refractivity contribution < 1.29 is 9.59 Å². The quantitative estimate of drug-likeness (QED) is 0.520. The molecule has 35 heavy (non-hydrogen) atoms. The molecule has 0 unspecified atom stereocenters. The van der Waals surface area contributed by atoms with Crippen LogP contribution in [0.15, 0.2) is 72.9 Å². The van der Waals surface area contributed by atoms with E-state index in [0.29, 0.717) is 19.6 Å². The van der Waals surface area contributed by atoms with Crippen LogP contribution in [0.25, 0.3) is 23.0 Å². The number of hydrogen-bond acceptors (Lipinski definition) is 4. The monoisotopic (exact) mass is 469 g/mol. The molecule has 1 aromatic heterocycles. The lowest BCUT2D eigenvalue weighted by atomic mass is 10.1. The van der Waals surface area contributed by atoms with Gasteiger partial charge in [0.25, 0.3) is 0 Å². The summed E-state index contributed by atoms with van der Waals surface area (Å²) in [7, 11) is 0. The predicted octanol–water partition coefficient (Wildman–Crippen LogP) is 3.32. The van der Waals surface area contributed by atoms with Crippen molar-refractivity contribution in [2.45, 2.75) is 12.8 Å². The first-order chi connectivity index (χ1) is 17.2. The number of aromatic nitrogens is 2. The fourth-order valence-corrected chi connectivity index (χ4v) is 4.69. The molecule has 2 saturated heterocycles. The maximum Gasteiger partial charge on any atom is 0.246 e. The number of hydrogen-bond donors (Lipinski definition) is 0. The van der Waals surface area contributed by atoms with Gasteiger partial charge < -0.3 is 9.80 Å². The summed E-state index contributed by atoms with van der Waals surface area (Å²) in [6.45, 7) is 4.93. The summed E-state index contributed by atoms with van der Waals surface area (Å²) >= 11 is 0. The number of carbonyl (C=O) groups is 2. The summed E-state index contributed by atoms with van der Waals surface area (Å²) in [5.74, 6) is 0.202. The highest BCUT2D eigenvalue weighted by atomic mass is 16.2. The Balaban J connectivity index is 1.25. The van der Waals surface area contributed by atoms with Crippen LogP contribution < -0.4 is 0 Å². The number of amides is 2. The van der Waals surface area contributed by atoms with Gasteiger partial charge in [-0.3, -0.25) is 14.5 Å². The zero-order valence-corrected chi connectivity index (χ0v) is 19.9. The lowest BCUT2D eigenvalue weighted by molar-refractivity contribution is -0.132. The van der Waals surface area contributed by atoms with E-state index in [1.165, 1.54) is 0 Å². The van der Waals surface area contributed by atoms with Crippen LogP contribution >= 0.6 is 0 Å². The van der Waals surface area contributed by atoms with E-state index in [1.807, 2.05) is 87.4 Å². The van der Waals surface area contributed by atoms with Gasteiger partial charge in [0.1, 0.15) is 0 Å². The van der Waals surface area contributed by atoms with E-state index in [1.54, 1.807) is 6.08 Å². The number of rotatable bonds is 6. The van der Waals surface area contributed by atoms with Crippen LogP contribution in [0, 0.1) is 0 Å². The first-order valence-electron chi connectivity index (χ1n) is 12.3. The molecule has 0 atom stereocenters. The number of para-hydroxylation sites is 1. The number of likely N-dealkylation sites (tertiary alicyclic amines) is 1. The van der Waals surface area contributed by atoms with Crippen molar-refractivity contribution in [1.82, 2.24) is 24.5 Å². The van der Waals surface area contributed by atoms with Crippen LogP contribution in [-0.4, -0.2) is 82.1 Å². The minimum absolute atomic E-state index is 0.0120. The maximum atomic E-state index is 13.0. The van der Waals surface area contributed by atoms with E-state index in [-0.39, 0.29) is 11.8 Å². The molecule has 2 aliphatic heterocycles. The number of benzene rings is 2. The van der Waals surface area contributed by atoms with E-state index in [9.17, 15) is 9.59 Å². The first-order valence-corrected chi connectivity index (χ1v) is 12.3. The lowest BCUT2D eigenvalue weighted by Gasteiger charge is -2.34. The fourth-order valence-electron chi connectivity index (χ4n) is 4.69. The Kier molecular flexibility index (Phi) is 7.04. The topological polar surface area (TPSA) is 61.7 Å². The maximum absolute atomic E-state index is 13.0. The zero-order chi connectivity index (χ0) is 24.0. The standard InChI is InChI=1S/C28H31N5O2/c34-26(32-19-17-30(18-20-32)22-27(35)31-15-7-8-16-31)14-13-24-21-33(25-11-5-2-6-12-25)29-28(24)23-9-3-1-4-10-23/h1-6,9-14,21H,7-8,15-20,22H2/b14-13+. The summed E-state index contributed by atoms with van der Waals surface area (Å²) in [6.07, 6.45) is 7.68. The van der Waals surface area contributed by atoms with Gasteiger partial charge in [0.2, 0.25) is 11.8 Å². The molecule has 2 aromatic carbocycles. The Labute approximate surface area is 206 Å². The Bertz CT molecular complexity index is 1170. The Hall–Kier alpha value is -3.71. The van der Waals surface area contributed by atoms with E-state index in [2.05, 4.69) is 4.90 Å². The van der Waals surface area contributed by atoms with Crippen LogP contribution in [0.1, 0.15) is 18.4 Å². The first kappa shape index (κ1) is 23.1. The largest absolute Gasteiger partial charge is 0.342 e. The van der Waals surface area contributed by atoms with Crippen LogP contribution in [0.5, 0.6) is 0 Å². The molecule has 2 fully saturated rings. The summed E-state index contributed by atoms with van der Waals surface area (Å²) < 4.78 is 1.85. The third kappa shape index (κ3) is 5.52. The van der Waals surface area contributed by atoms with Crippen LogP contribution in [-0.2, 0) is 9.59 Å². The molecular weight excluding hydrogens is 438 g/mol. The molecular formula is C28H31N5O2. The molecule has 0 radical (unpaired) electrons. The third-order valence-electron chi connectivity index (χ3n) is 6.72. The molecule has 7 heteroatoms. The molecule has 2 aliphatic rings. The van der Waals surface area contributed by atoms with Gasteiger partial charge in [-0.2, -0.15) is 5.10 Å². The SMILES string of the molecule is O=C(/C=C/c1cn(-c2ccccc2)nc1-c1ccccc1)N1CCN(CC(=O)N2CCCC2)CC1. The summed E-state index contributed by atoms with van der Waals surface area (Å²) in [5, 5.41) is 4.81. The molecule has 0 N–H and O–H groups in total. The zero-order valence-electron chi connectivity index (χ0n) is 19.9. The molecule has 0 saturated carbocycles. The van der Waals surface area contributed by atoms with Crippen molar-refractivity contribution in [1.29, 1.82) is 0 Å². The van der Waals surface area contributed by atoms with Crippen LogP contribution in [0.3, 0.4) is 0 Å². The molecule has 3 aromatic rings. The van der Waals surface area contributed by atoms with Gasteiger partial charge in [0.05, 0.1) is 17.9 Å². The summed E-state index contributed by atoms with van der Waals surface area (Å²) in [5.41, 5.74) is 3.70. The smallest absolute Gasteiger partial charge is 0.246 e. The summed E-state index contributed by atoms with van der Waals surface area (Å²) in [4.78, 5) is 31.4. The van der Waals surface area contributed by atoms with Crippen molar-refractivity contribution in [3.63, 3.8) is 0 Å². The van der Waals surface area contributed by atoms with E-state index >= 15 is 0 Å². The predicted molar refractivity (Wildman–Crippen MR) is 137 cm³/mol. The van der Waals surface area contributed by atoms with Gasteiger partial charge in [-0.15, -0.1) is 0 Å². The molecule has 180 valence electrons. The van der Waals surface area contributed by atoms with E-state index < -0.39 is 0 Å². The molecule has 2 amide bonds. The van der Waals surface area contributed by atoms with E-state index in [4.69, 9.17) is 5.10 Å². The molecule has 0 bridgehead atoms. The van der Waals surface area contributed by atoms with Crippen LogP contribution in [0.2, 0.25) is 0 Å². The highest BCUT2D eigenvalue weighted by Crippen LogP contribution is 2.25. The summed E-state index contributed by atoms with van der Waals surface area (Å²) in [6, 6.07) is 20.0. The van der Waals surface area contributed by atoms with Gasteiger partial charge in [-0.1, -0.05) is 48.5 Å². The minimum atomic E-state index is -0.0120. The number of piperazine rings is 1. The van der Waals surface area contributed by atoms with Crippen molar-refractivity contribution >= 4 is 17.9 Å². The van der Waals surface area contributed by atoms with Crippen molar-refractivity contribution in [3.8, 4) is 16.9 Å². The third-order valence-corrected chi connectivity index (χ3v) is 6.72. The van der Waals surface area contributed by atoms with Gasteiger partial charge in [0.15, 0.2) is 0 Å². The second-order valence-corrected chi connectivity index (χ2v) is 9.10. The molecule has 0 spiro atoms. The average molecular weight is 470 g/mol. The highest BCUT2D eigenvalue weighted by Gasteiger charge is 2.24. The van der Waals surface area contributed by atoms with Crippen molar-refractivity contribution in [2.24, 2.45) is 0 Å². The van der Waals surface area contributed by atoms with Crippen molar-refractivity contribution in [3.05, 3.63) is 78.5 Å². The Morgan fingerprint density at radius 2 is 1.46 bits per heavy atom. The molecule has 5 rings (SSSR count). The normalized spacial score (nSPS) is 16.8. The number of carbonyl (C=O) groups excluding carboxylic acids is 2. The number of nitrogens with zero attached hydrogens (tertiary/aromatic N) is 5. The molecule has 0 aliphatic carbocycles. The van der Waals surface area contributed by atoms with Crippen LogP contribution in [0.4, 0.5) is 0 Å². The fraction of sp³-hybridized carbons (Fsp3) is 0.321. The van der Waals surface area contributed by atoms with Gasteiger partial charge in [-0.05, 0) is 31.1 Å². The highest BCUT2D eigenvalue weighted by molar-refractivity contribution is 5.93. The molecule has 3 heterocycles. The van der Waals surface area contributed by atoms with Gasteiger partial charge >= 0.3 is 0 Å². The van der Waals surface area contributed by atoms with E-state index in [0.717, 1.165) is 61.5 Å². The average Bonchev–Trinajstić information content (AvgIpc) is 3.60. The lowest BCUT2D eigenvalue weighted by Crippen LogP contribution is -2.51. The molecule has 7 nitrogen and oxygen atoms in total. The second-order valence-electron chi connectivity index (χ2n) is 9.10. The second kappa shape index (κ2) is 10.7. The van der Waals surface area contributed by atoms with Crippen molar-refractivity contribution in [2.75, 3.05) is 45.8 Å². The van der Waals surface area contributed by atoms with Gasteiger partial charge in [-0.25, -0.2) is 4.68 Å². The van der Waals surface area contributed by atoms with Gasteiger partial charge in [0, 0.05) is 62.7 Å². The Morgan fingerprint density at radius 1 is 0.800 bits per heavy atom. The minimum Gasteiger partial charge on any atom is -0.342 e.